The van der Waals surface area contributed by atoms with E-state index in [1.165, 1.54) is 30.3 Å². The van der Waals surface area contributed by atoms with Crippen molar-refractivity contribution < 1.29 is 13.0 Å². The number of nitrogens with zero attached hydrogens (tertiary/aromatic N) is 2. The van der Waals surface area contributed by atoms with Crippen LogP contribution in [0.4, 0.5) is 5.69 Å². The molecule has 0 amide bonds. The fourth-order valence-electron chi connectivity index (χ4n) is 1.53. The smallest absolute Gasteiger partial charge is 0.282 e. The summed E-state index contributed by atoms with van der Waals surface area (Å²) in [5, 5.41) is 9.54. The van der Waals surface area contributed by atoms with E-state index in [0.717, 1.165) is 0 Å². The molecule has 6 heteroatoms. The molecule has 2 aromatic rings. The molecule has 1 N–H and O–H groups in total. The van der Waals surface area contributed by atoms with Gasteiger partial charge in [0.15, 0.2) is 4.98 Å². The lowest BCUT2D eigenvalue weighted by atomic mass is 10.1. The van der Waals surface area contributed by atoms with E-state index < -0.39 is 10.1 Å². The molecule has 0 saturated heterocycles. The molecule has 0 atom stereocenters. The molecule has 0 radical (unpaired) electrons. The van der Waals surface area contributed by atoms with Gasteiger partial charge in [-0.15, -0.1) is 0 Å². The van der Waals surface area contributed by atoms with Crippen molar-refractivity contribution in [3.63, 3.8) is 0 Å². The van der Waals surface area contributed by atoms with Gasteiger partial charge < -0.3 is 0 Å². The minimum absolute atomic E-state index is 0.158. The van der Waals surface area contributed by atoms with Crippen molar-refractivity contribution in [3.05, 3.63) is 41.4 Å². The van der Waals surface area contributed by atoms with E-state index in [-0.39, 0.29) is 4.90 Å². The lowest BCUT2D eigenvalue weighted by molar-refractivity contribution is 0.484. The molecule has 0 heterocycles. The first-order valence-electron chi connectivity index (χ1n) is 4.38. The monoisotopic (exact) mass is 235 g/mol. The van der Waals surface area contributed by atoms with E-state index in [9.17, 15) is 8.42 Å². The second-order valence-electron chi connectivity index (χ2n) is 3.24. The average Bonchev–Trinajstić information content (AvgIpc) is 2.26. The van der Waals surface area contributed by atoms with Crippen molar-refractivity contribution >= 4 is 26.6 Å². The third kappa shape index (κ3) is 1.74. The molecule has 5 nitrogen and oxygen atoms in total. The van der Waals surface area contributed by atoms with Gasteiger partial charge in [0.2, 0.25) is 5.39 Å². The molecule has 0 unspecified atom stereocenters. The summed E-state index contributed by atoms with van der Waals surface area (Å²) in [5.41, 5.74) is 0.319. The Hall–Kier alpha value is -1.97. The molecule has 0 aliphatic heterocycles. The van der Waals surface area contributed by atoms with Gasteiger partial charge in [0.25, 0.3) is 10.1 Å². The van der Waals surface area contributed by atoms with Crippen LogP contribution in [0.5, 0.6) is 0 Å². The molecule has 0 fully saturated rings. The van der Waals surface area contributed by atoms with Gasteiger partial charge in [0, 0.05) is 17.5 Å². The van der Waals surface area contributed by atoms with E-state index >= 15 is 0 Å². The topological polar surface area (TPSA) is 82.5 Å². The van der Waals surface area contributed by atoms with Gasteiger partial charge >= 0.3 is 5.69 Å². The van der Waals surface area contributed by atoms with Gasteiger partial charge in [-0.2, -0.15) is 8.42 Å². The van der Waals surface area contributed by atoms with Gasteiger partial charge in [-0.05, 0) is 17.5 Å². The maximum Gasteiger partial charge on any atom is 0.385 e. The van der Waals surface area contributed by atoms with Crippen LogP contribution >= 0.6 is 0 Å². The Morgan fingerprint density at radius 2 is 1.94 bits per heavy atom. The second kappa shape index (κ2) is 3.56. The summed E-state index contributed by atoms with van der Waals surface area (Å²) in [5.74, 6) is 0. The van der Waals surface area contributed by atoms with E-state index in [1.807, 2.05) is 0 Å². The predicted molar refractivity (Wildman–Crippen MR) is 58.5 cm³/mol. The fourth-order valence-corrected chi connectivity index (χ4v) is 2.24. The van der Waals surface area contributed by atoms with Crippen LogP contribution in [0.3, 0.4) is 0 Å². The zero-order valence-electron chi connectivity index (χ0n) is 8.03. The zero-order chi connectivity index (χ0) is 11.8. The normalized spacial score (nSPS) is 11.2. The van der Waals surface area contributed by atoms with Crippen molar-refractivity contribution in [3.8, 4) is 0 Å². The zero-order valence-corrected chi connectivity index (χ0v) is 8.85. The summed E-state index contributed by atoms with van der Waals surface area (Å²) in [4.78, 5) is 2.84. The Kier molecular flexibility index (Phi) is 2.34. The van der Waals surface area contributed by atoms with Crippen LogP contribution in [0.1, 0.15) is 0 Å². The van der Waals surface area contributed by atoms with E-state index in [1.54, 1.807) is 6.07 Å². The van der Waals surface area contributed by atoms with Gasteiger partial charge in [-0.1, -0.05) is 12.1 Å². The number of diazo groups is 1. The summed E-state index contributed by atoms with van der Waals surface area (Å²) in [7, 11) is -4.24. The highest BCUT2D eigenvalue weighted by molar-refractivity contribution is 7.86. The quantitative estimate of drug-likeness (QED) is 0.608. The largest absolute Gasteiger partial charge is 0.385 e. The van der Waals surface area contributed by atoms with Crippen LogP contribution in [0, 0.1) is 5.39 Å². The van der Waals surface area contributed by atoms with Crippen LogP contribution in [0.15, 0.2) is 41.3 Å². The summed E-state index contributed by atoms with van der Waals surface area (Å²) < 4.78 is 31.2. The third-order valence-corrected chi connectivity index (χ3v) is 3.13. The van der Waals surface area contributed by atoms with Gasteiger partial charge in [0.1, 0.15) is 4.90 Å². The first-order chi connectivity index (χ1) is 7.52. The number of benzene rings is 2. The number of hydrogen-bond acceptors (Lipinski definition) is 3. The Labute approximate surface area is 91.7 Å². The number of hydrogen-bond donors (Lipinski definition) is 1. The molecule has 0 saturated carbocycles. The molecule has 0 aliphatic carbocycles. The van der Waals surface area contributed by atoms with E-state index in [2.05, 4.69) is 4.98 Å². The summed E-state index contributed by atoms with van der Waals surface area (Å²) in [6.45, 7) is 0. The van der Waals surface area contributed by atoms with Crippen molar-refractivity contribution in [2.75, 3.05) is 0 Å². The Balaban J connectivity index is 2.87. The predicted octanol–water partition coefficient (Wildman–Crippen LogP) is 2.57. The lowest BCUT2D eigenvalue weighted by Crippen LogP contribution is -1.98. The highest BCUT2D eigenvalue weighted by atomic mass is 32.2. The first-order valence-corrected chi connectivity index (χ1v) is 5.82. The highest BCUT2D eigenvalue weighted by Gasteiger charge is 2.15. The SMILES string of the molecule is N#[N+]c1ccc2c(S(=O)(=O)O)cccc2c1. The molecule has 80 valence electrons. The van der Waals surface area contributed by atoms with Crippen LogP contribution < -0.4 is 0 Å². The number of fused-ring (bicyclic) bond motifs is 1. The maximum absolute atomic E-state index is 11.1. The maximum atomic E-state index is 11.1. The Morgan fingerprint density at radius 3 is 2.56 bits per heavy atom. The molecule has 0 aromatic heterocycles. The molecule has 0 aliphatic rings. The summed E-state index contributed by atoms with van der Waals surface area (Å²) >= 11 is 0. The molecule has 2 aromatic carbocycles. The third-order valence-electron chi connectivity index (χ3n) is 2.22. The molecule has 0 spiro atoms. The van der Waals surface area contributed by atoms with E-state index in [0.29, 0.717) is 16.5 Å². The van der Waals surface area contributed by atoms with Crippen LogP contribution in [0.25, 0.3) is 15.7 Å². The Bertz CT molecular complexity index is 702. The van der Waals surface area contributed by atoms with Crippen molar-refractivity contribution in [2.45, 2.75) is 4.90 Å². The van der Waals surface area contributed by atoms with Crippen molar-refractivity contribution in [2.24, 2.45) is 0 Å². The van der Waals surface area contributed by atoms with Crippen LogP contribution in [-0.2, 0) is 10.1 Å². The lowest BCUT2D eigenvalue weighted by Gasteiger charge is -2.01. The first kappa shape index (κ1) is 10.5. The molecule has 16 heavy (non-hydrogen) atoms. The minimum Gasteiger partial charge on any atom is -0.282 e. The standard InChI is InChI=1S/C10H6N2O3S/c11-12-8-4-5-9-7(6-8)2-1-3-10(9)16(13,14)15/h1-6H/p+1. The summed E-state index contributed by atoms with van der Waals surface area (Å²) in [6, 6.07) is 8.94. The van der Waals surface area contributed by atoms with Gasteiger partial charge in [-0.3, -0.25) is 4.55 Å². The van der Waals surface area contributed by atoms with Crippen molar-refractivity contribution in [1.82, 2.24) is 0 Å². The molecule has 2 rings (SSSR count). The number of rotatable bonds is 1. The summed E-state index contributed by atoms with van der Waals surface area (Å²) in [6.07, 6.45) is 0. The average molecular weight is 235 g/mol. The molecular formula is C10H7N2O3S+. The van der Waals surface area contributed by atoms with Crippen LogP contribution in [0.2, 0.25) is 0 Å². The van der Waals surface area contributed by atoms with E-state index in [4.69, 9.17) is 9.95 Å². The van der Waals surface area contributed by atoms with Gasteiger partial charge in [0.05, 0.1) is 0 Å². The minimum atomic E-state index is -4.24. The fraction of sp³-hybridized carbons (Fsp3) is 0. The van der Waals surface area contributed by atoms with Crippen molar-refractivity contribution in [1.29, 1.82) is 5.39 Å². The van der Waals surface area contributed by atoms with Crippen LogP contribution in [-0.4, -0.2) is 13.0 Å². The second-order valence-corrected chi connectivity index (χ2v) is 4.63. The highest BCUT2D eigenvalue weighted by Crippen LogP contribution is 2.26. The molecule has 0 bridgehead atoms. The Morgan fingerprint density at radius 1 is 1.19 bits per heavy atom. The van der Waals surface area contributed by atoms with Gasteiger partial charge in [-0.25, -0.2) is 0 Å². The molecular weight excluding hydrogens is 228 g/mol.